The highest BCUT2D eigenvalue weighted by molar-refractivity contribution is 7.92. The molecule has 0 saturated carbocycles. The Morgan fingerprint density at radius 2 is 1.79 bits per heavy atom. The molecule has 10 heteroatoms. The van der Waals surface area contributed by atoms with Crippen LogP contribution in [0, 0.1) is 6.92 Å². The fraction of sp³-hybridized carbons (Fsp3) is 0.167. The molecule has 0 unspecified atom stereocenters. The number of hydrazone groups is 1. The topological polar surface area (TPSA) is 88.1 Å². The Morgan fingerprint density at radius 1 is 1.09 bits per heavy atom. The van der Waals surface area contributed by atoms with Crippen LogP contribution in [0.4, 0.5) is 5.69 Å². The Kier molecular flexibility index (Phi) is 8.55. The van der Waals surface area contributed by atoms with Gasteiger partial charge in [-0.25, -0.2) is 13.8 Å². The summed E-state index contributed by atoms with van der Waals surface area (Å²) in [5, 5.41) is 5.03. The molecule has 3 rings (SSSR count). The van der Waals surface area contributed by atoms with Gasteiger partial charge in [0.15, 0.2) is 0 Å². The van der Waals surface area contributed by atoms with Gasteiger partial charge in [0, 0.05) is 15.6 Å². The number of carbonyl (C=O) groups excluding carboxylic acids is 1. The maximum Gasteiger partial charge on any atom is 0.260 e. The largest absolute Gasteiger partial charge is 0.489 e. The van der Waals surface area contributed by atoms with Crippen LogP contribution in [-0.2, 0) is 21.4 Å². The first-order valence-electron chi connectivity index (χ1n) is 10.2. The first kappa shape index (κ1) is 25.6. The van der Waals surface area contributed by atoms with Crippen LogP contribution in [0.5, 0.6) is 5.75 Å². The lowest BCUT2D eigenvalue weighted by Crippen LogP contribution is -2.39. The fourth-order valence-corrected chi connectivity index (χ4v) is 4.38. The van der Waals surface area contributed by atoms with Gasteiger partial charge in [-0.3, -0.25) is 9.10 Å². The molecule has 7 nitrogen and oxygen atoms in total. The monoisotopic (exact) mass is 519 g/mol. The van der Waals surface area contributed by atoms with Crippen molar-refractivity contribution < 1.29 is 17.9 Å². The molecular weight excluding hydrogens is 497 g/mol. The number of rotatable bonds is 9. The third-order valence-corrected chi connectivity index (χ3v) is 6.48. The predicted molar refractivity (Wildman–Crippen MR) is 136 cm³/mol. The second-order valence-corrected chi connectivity index (χ2v) is 10.2. The first-order chi connectivity index (χ1) is 16.1. The lowest BCUT2D eigenvalue weighted by molar-refractivity contribution is -0.119. The second kappa shape index (κ2) is 11.4. The number of sulfonamides is 1. The van der Waals surface area contributed by atoms with Crippen molar-refractivity contribution in [2.24, 2.45) is 5.10 Å². The SMILES string of the molecule is Cc1cc(Cl)ccc1N(CC(=O)N/N=C\c1ccc(OCc2ccccc2Cl)cc1)S(C)(=O)=O. The summed E-state index contributed by atoms with van der Waals surface area (Å²) in [6.45, 7) is 1.64. The summed E-state index contributed by atoms with van der Waals surface area (Å²) in [6, 6.07) is 19.3. The summed E-state index contributed by atoms with van der Waals surface area (Å²) in [7, 11) is -3.70. The summed E-state index contributed by atoms with van der Waals surface area (Å²) in [5.41, 5.74) is 4.96. The molecule has 1 amide bonds. The van der Waals surface area contributed by atoms with Gasteiger partial charge in [0.05, 0.1) is 18.2 Å². The molecule has 0 aromatic heterocycles. The number of halogens is 2. The molecule has 0 aliphatic heterocycles. The quantitative estimate of drug-likeness (QED) is 0.325. The van der Waals surface area contributed by atoms with Gasteiger partial charge >= 0.3 is 0 Å². The van der Waals surface area contributed by atoms with Crippen LogP contribution >= 0.6 is 23.2 Å². The Hall–Kier alpha value is -3.07. The van der Waals surface area contributed by atoms with Gasteiger partial charge in [-0.2, -0.15) is 5.10 Å². The van der Waals surface area contributed by atoms with Crippen molar-refractivity contribution in [3.63, 3.8) is 0 Å². The Balaban J connectivity index is 1.57. The number of nitrogens with zero attached hydrogens (tertiary/aromatic N) is 2. The molecule has 0 fully saturated rings. The maximum atomic E-state index is 12.4. The zero-order valence-electron chi connectivity index (χ0n) is 18.5. The molecule has 178 valence electrons. The minimum absolute atomic E-state index is 0.340. The zero-order valence-corrected chi connectivity index (χ0v) is 20.9. The molecule has 3 aromatic rings. The number of aryl methyl sites for hydroxylation is 1. The number of nitrogens with one attached hydrogen (secondary N) is 1. The molecule has 0 bridgehead atoms. The van der Waals surface area contributed by atoms with Crippen molar-refractivity contribution >= 4 is 51.0 Å². The van der Waals surface area contributed by atoms with Crippen molar-refractivity contribution in [1.29, 1.82) is 0 Å². The number of anilines is 1. The van der Waals surface area contributed by atoms with E-state index in [9.17, 15) is 13.2 Å². The van der Waals surface area contributed by atoms with Crippen molar-refractivity contribution in [1.82, 2.24) is 5.43 Å². The summed E-state index contributed by atoms with van der Waals surface area (Å²) in [4.78, 5) is 12.4. The van der Waals surface area contributed by atoms with E-state index in [2.05, 4.69) is 10.5 Å². The molecule has 0 saturated heterocycles. The standard InChI is InChI=1S/C24H23Cl2N3O4S/c1-17-13-20(25)9-12-23(17)29(34(2,31)32)15-24(30)28-27-14-18-7-10-21(11-8-18)33-16-19-5-3-4-6-22(19)26/h3-14H,15-16H2,1-2H3,(H,28,30)/b27-14-. The van der Waals surface area contributed by atoms with Crippen molar-refractivity contribution in [3.05, 3.63) is 93.5 Å². The number of hydrogen-bond donors (Lipinski definition) is 1. The molecule has 34 heavy (non-hydrogen) atoms. The minimum atomic E-state index is -3.70. The summed E-state index contributed by atoms with van der Waals surface area (Å²) < 4.78 is 31.2. The van der Waals surface area contributed by atoms with E-state index in [1.165, 1.54) is 6.21 Å². The highest BCUT2D eigenvalue weighted by Gasteiger charge is 2.22. The van der Waals surface area contributed by atoms with Crippen molar-refractivity contribution in [2.75, 3.05) is 17.1 Å². The average molecular weight is 520 g/mol. The van der Waals surface area contributed by atoms with Gasteiger partial charge in [0.2, 0.25) is 10.0 Å². The average Bonchev–Trinajstić information content (AvgIpc) is 2.78. The molecular formula is C24H23Cl2N3O4S. The van der Waals surface area contributed by atoms with Crippen LogP contribution in [0.3, 0.4) is 0 Å². The van der Waals surface area contributed by atoms with Crippen LogP contribution in [0.25, 0.3) is 0 Å². The highest BCUT2D eigenvalue weighted by Crippen LogP contribution is 2.25. The summed E-state index contributed by atoms with van der Waals surface area (Å²) in [6.07, 6.45) is 2.49. The van der Waals surface area contributed by atoms with E-state index in [1.807, 2.05) is 18.2 Å². The lowest BCUT2D eigenvalue weighted by Gasteiger charge is -2.23. The maximum absolute atomic E-state index is 12.4. The lowest BCUT2D eigenvalue weighted by atomic mass is 10.2. The summed E-state index contributed by atoms with van der Waals surface area (Å²) >= 11 is 12.1. The molecule has 0 radical (unpaired) electrons. The van der Waals surface area contributed by atoms with E-state index < -0.39 is 22.5 Å². The second-order valence-electron chi connectivity index (χ2n) is 7.44. The van der Waals surface area contributed by atoms with Gasteiger partial charge < -0.3 is 4.74 Å². The number of amides is 1. The number of hydrogen-bond acceptors (Lipinski definition) is 5. The van der Waals surface area contributed by atoms with Crippen LogP contribution in [-0.4, -0.2) is 33.3 Å². The van der Waals surface area contributed by atoms with Crippen LogP contribution < -0.4 is 14.5 Å². The van der Waals surface area contributed by atoms with E-state index in [0.717, 1.165) is 21.7 Å². The normalized spacial score (nSPS) is 11.4. The third kappa shape index (κ3) is 7.21. The van der Waals surface area contributed by atoms with E-state index in [1.54, 1.807) is 55.5 Å². The third-order valence-electron chi connectivity index (χ3n) is 4.75. The smallest absolute Gasteiger partial charge is 0.260 e. The molecule has 1 N–H and O–H groups in total. The predicted octanol–water partition coefficient (Wildman–Crippen LogP) is 4.80. The molecule has 0 heterocycles. The van der Waals surface area contributed by atoms with Crippen molar-refractivity contribution in [3.8, 4) is 5.75 Å². The van der Waals surface area contributed by atoms with Gasteiger partial charge in [0.25, 0.3) is 5.91 Å². The Labute approximate surface area is 209 Å². The van der Waals surface area contributed by atoms with Gasteiger partial charge in [-0.05, 0) is 66.6 Å². The fourth-order valence-electron chi connectivity index (χ4n) is 3.05. The van der Waals surface area contributed by atoms with Crippen molar-refractivity contribution in [2.45, 2.75) is 13.5 Å². The van der Waals surface area contributed by atoms with Crippen LogP contribution in [0.15, 0.2) is 71.8 Å². The number of ether oxygens (including phenoxy) is 1. The Morgan fingerprint density at radius 3 is 2.44 bits per heavy atom. The van der Waals surface area contributed by atoms with E-state index in [-0.39, 0.29) is 0 Å². The van der Waals surface area contributed by atoms with E-state index in [4.69, 9.17) is 27.9 Å². The minimum Gasteiger partial charge on any atom is -0.489 e. The molecule has 0 aliphatic rings. The highest BCUT2D eigenvalue weighted by atomic mass is 35.5. The van der Waals surface area contributed by atoms with Crippen LogP contribution in [0.1, 0.15) is 16.7 Å². The summed E-state index contributed by atoms with van der Waals surface area (Å²) in [5.74, 6) is 0.0685. The Bertz CT molecular complexity index is 1300. The number of carbonyl (C=O) groups is 1. The molecule has 0 aliphatic carbocycles. The zero-order chi connectivity index (χ0) is 24.7. The first-order valence-corrected chi connectivity index (χ1v) is 12.8. The van der Waals surface area contributed by atoms with Gasteiger partial charge in [0.1, 0.15) is 18.9 Å². The molecule has 3 aromatic carbocycles. The van der Waals surface area contributed by atoms with E-state index in [0.29, 0.717) is 33.7 Å². The van der Waals surface area contributed by atoms with Gasteiger partial charge in [-0.15, -0.1) is 0 Å². The molecule has 0 atom stereocenters. The van der Waals surface area contributed by atoms with Crippen LogP contribution in [0.2, 0.25) is 10.0 Å². The van der Waals surface area contributed by atoms with E-state index >= 15 is 0 Å². The number of benzene rings is 3. The van der Waals surface area contributed by atoms with Gasteiger partial charge in [-0.1, -0.05) is 41.4 Å². The molecule has 0 spiro atoms.